The number of nitrogens with zero attached hydrogens (tertiary/aromatic N) is 2. The largest absolute Gasteiger partial charge is 0.420 e. The van der Waals surface area contributed by atoms with Gasteiger partial charge in [0, 0.05) is 25.0 Å². The molecule has 1 atom stereocenters. The molecule has 7 heteroatoms. The quantitative estimate of drug-likeness (QED) is 0.904. The fourth-order valence-corrected chi connectivity index (χ4v) is 3.34. The van der Waals surface area contributed by atoms with Crippen LogP contribution in [0, 0.1) is 5.92 Å². The van der Waals surface area contributed by atoms with Gasteiger partial charge in [0.2, 0.25) is 11.8 Å². The maximum atomic E-state index is 12.9. The third-order valence-electron chi connectivity index (χ3n) is 4.94. The average Bonchev–Trinajstić information content (AvgIpc) is 2.96. The number of oxazole rings is 1. The predicted molar refractivity (Wildman–Crippen MR) is 97.8 cm³/mol. The van der Waals surface area contributed by atoms with Gasteiger partial charge in [-0.15, -0.1) is 0 Å². The number of hydrogen-bond donors (Lipinski definition) is 1. The normalized spacial score (nSPS) is 16.8. The van der Waals surface area contributed by atoms with Crippen LogP contribution in [-0.2, 0) is 9.59 Å². The molecule has 1 aromatic heterocycles. The summed E-state index contributed by atoms with van der Waals surface area (Å²) in [4.78, 5) is 38.6. The Kier molecular flexibility index (Phi) is 5.15. The minimum atomic E-state index is -0.632. The van der Waals surface area contributed by atoms with Crippen LogP contribution in [0.4, 0.5) is 0 Å². The van der Waals surface area contributed by atoms with Crippen molar-refractivity contribution < 1.29 is 14.0 Å². The topological polar surface area (TPSA) is 84.5 Å². The number of rotatable bonds is 4. The number of aromatic nitrogens is 1. The molecule has 0 radical (unpaired) electrons. The molecule has 0 spiro atoms. The predicted octanol–water partition coefficient (Wildman–Crippen LogP) is 1.92. The second-order valence-electron chi connectivity index (χ2n) is 7.14. The Morgan fingerprint density at radius 1 is 1.15 bits per heavy atom. The van der Waals surface area contributed by atoms with E-state index in [0.29, 0.717) is 24.2 Å². The first-order chi connectivity index (χ1) is 12.4. The zero-order valence-corrected chi connectivity index (χ0v) is 15.4. The highest BCUT2D eigenvalue weighted by Gasteiger charge is 2.29. The third-order valence-corrected chi connectivity index (χ3v) is 4.94. The van der Waals surface area contributed by atoms with Crippen molar-refractivity contribution in [1.82, 2.24) is 14.8 Å². The van der Waals surface area contributed by atoms with Gasteiger partial charge >= 0.3 is 5.76 Å². The SMILES string of the molecule is CC(C)C(=O)NC1CCN(C(=O)[C@@H](C)n2c(=O)oc3ccccc32)CC1. The fraction of sp³-hybridized carbons (Fsp3) is 0.526. The summed E-state index contributed by atoms with van der Waals surface area (Å²) >= 11 is 0. The van der Waals surface area contributed by atoms with Crippen LogP contribution in [0.25, 0.3) is 11.1 Å². The van der Waals surface area contributed by atoms with Gasteiger partial charge in [0.15, 0.2) is 5.58 Å². The molecular weight excluding hydrogens is 334 g/mol. The van der Waals surface area contributed by atoms with E-state index in [4.69, 9.17) is 4.42 Å². The minimum Gasteiger partial charge on any atom is -0.408 e. The molecule has 26 heavy (non-hydrogen) atoms. The Morgan fingerprint density at radius 2 is 1.81 bits per heavy atom. The van der Waals surface area contributed by atoms with E-state index in [1.165, 1.54) is 4.57 Å². The maximum Gasteiger partial charge on any atom is 0.420 e. The van der Waals surface area contributed by atoms with Gasteiger partial charge in [-0.2, -0.15) is 0 Å². The molecule has 1 aromatic carbocycles. The van der Waals surface area contributed by atoms with E-state index in [1.54, 1.807) is 30.0 Å². The monoisotopic (exact) mass is 359 g/mol. The zero-order chi connectivity index (χ0) is 18.8. The van der Waals surface area contributed by atoms with Crippen LogP contribution < -0.4 is 11.1 Å². The summed E-state index contributed by atoms with van der Waals surface area (Å²) in [5.74, 6) is -0.631. The second-order valence-corrected chi connectivity index (χ2v) is 7.14. The molecule has 0 saturated carbocycles. The lowest BCUT2D eigenvalue weighted by molar-refractivity contribution is -0.135. The van der Waals surface area contributed by atoms with Gasteiger partial charge in [-0.3, -0.25) is 14.2 Å². The van der Waals surface area contributed by atoms with Gasteiger partial charge in [0.25, 0.3) is 0 Å². The van der Waals surface area contributed by atoms with Gasteiger partial charge in [0.1, 0.15) is 6.04 Å². The van der Waals surface area contributed by atoms with Crippen LogP contribution >= 0.6 is 0 Å². The number of benzene rings is 1. The van der Waals surface area contributed by atoms with E-state index in [2.05, 4.69) is 5.32 Å². The Morgan fingerprint density at radius 3 is 2.46 bits per heavy atom. The van der Waals surface area contributed by atoms with Crippen LogP contribution in [0.1, 0.15) is 39.7 Å². The number of carbonyl (C=O) groups is 2. The molecular formula is C19H25N3O4. The number of hydrogen-bond acceptors (Lipinski definition) is 4. The summed E-state index contributed by atoms with van der Waals surface area (Å²) in [5, 5.41) is 3.02. The molecule has 1 aliphatic heterocycles. The van der Waals surface area contributed by atoms with E-state index in [0.717, 1.165) is 12.8 Å². The van der Waals surface area contributed by atoms with Gasteiger partial charge in [-0.1, -0.05) is 26.0 Å². The number of carbonyl (C=O) groups excluding carboxylic acids is 2. The van der Waals surface area contributed by atoms with Crippen molar-refractivity contribution >= 4 is 22.9 Å². The molecule has 1 aliphatic rings. The molecule has 1 N–H and O–H groups in total. The van der Waals surface area contributed by atoms with Crippen molar-refractivity contribution in [2.45, 2.75) is 45.7 Å². The Labute approximate surface area is 152 Å². The van der Waals surface area contributed by atoms with Gasteiger partial charge < -0.3 is 14.6 Å². The molecule has 0 unspecified atom stereocenters. The molecule has 0 aliphatic carbocycles. The summed E-state index contributed by atoms with van der Waals surface area (Å²) in [6.45, 7) is 6.58. The Bertz CT molecular complexity index is 859. The number of likely N-dealkylation sites (tertiary alicyclic amines) is 1. The van der Waals surface area contributed by atoms with Crippen LogP contribution in [-0.4, -0.2) is 40.4 Å². The van der Waals surface area contributed by atoms with Crippen molar-refractivity contribution in [2.75, 3.05) is 13.1 Å². The summed E-state index contributed by atoms with van der Waals surface area (Å²) < 4.78 is 6.64. The van der Waals surface area contributed by atoms with E-state index in [1.807, 2.05) is 19.9 Å². The number of para-hydroxylation sites is 2. The summed E-state index contributed by atoms with van der Waals surface area (Å²) in [6, 6.07) is 6.56. The number of fused-ring (bicyclic) bond motifs is 1. The van der Waals surface area contributed by atoms with Crippen LogP contribution in [0.15, 0.2) is 33.5 Å². The van der Waals surface area contributed by atoms with E-state index >= 15 is 0 Å². The first-order valence-electron chi connectivity index (χ1n) is 9.07. The van der Waals surface area contributed by atoms with E-state index < -0.39 is 11.8 Å². The Balaban J connectivity index is 1.67. The summed E-state index contributed by atoms with van der Waals surface area (Å²) in [6.07, 6.45) is 1.44. The highest BCUT2D eigenvalue weighted by atomic mass is 16.4. The standard InChI is InChI=1S/C19H25N3O4/c1-12(2)17(23)20-14-8-10-21(11-9-14)18(24)13(3)22-15-6-4-5-7-16(15)26-19(22)25/h4-7,12-14H,8-11H2,1-3H3,(H,20,23)/t13-/m1/s1. The molecule has 2 amide bonds. The molecule has 2 aromatic rings. The summed E-state index contributed by atoms with van der Waals surface area (Å²) in [7, 11) is 0. The van der Waals surface area contributed by atoms with Crippen molar-refractivity contribution in [3.05, 3.63) is 34.8 Å². The first-order valence-corrected chi connectivity index (χ1v) is 9.07. The van der Waals surface area contributed by atoms with E-state index in [9.17, 15) is 14.4 Å². The lowest BCUT2D eigenvalue weighted by atomic mass is 10.0. The zero-order valence-electron chi connectivity index (χ0n) is 15.4. The van der Waals surface area contributed by atoms with Crippen molar-refractivity contribution in [3.8, 4) is 0 Å². The summed E-state index contributed by atoms with van der Waals surface area (Å²) in [5.41, 5.74) is 1.10. The second kappa shape index (κ2) is 7.35. The lowest BCUT2D eigenvalue weighted by Crippen LogP contribution is -2.49. The van der Waals surface area contributed by atoms with Crippen LogP contribution in [0.5, 0.6) is 0 Å². The van der Waals surface area contributed by atoms with Crippen LogP contribution in [0.3, 0.4) is 0 Å². The molecule has 1 saturated heterocycles. The Hall–Kier alpha value is -2.57. The van der Waals surface area contributed by atoms with E-state index in [-0.39, 0.29) is 23.8 Å². The molecule has 7 nitrogen and oxygen atoms in total. The lowest BCUT2D eigenvalue weighted by Gasteiger charge is -2.34. The number of nitrogens with one attached hydrogen (secondary N) is 1. The highest BCUT2D eigenvalue weighted by molar-refractivity contribution is 5.83. The molecule has 3 rings (SSSR count). The molecule has 0 bridgehead atoms. The van der Waals surface area contributed by atoms with Crippen molar-refractivity contribution in [2.24, 2.45) is 5.92 Å². The fourth-order valence-electron chi connectivity index (χ4n) is 3.34. The molecule has 1 fully saturated rings. The van der Waals surface area contributed by atoms with Gasteiger partial charge in [0.05, 0.1) is 5.52 Å². The first kappa shape index (κ1) is 18.2. The smallest absolute Gasteiger partial charge is 0.408 e. The average molecular weight is 359 g/mol. The highest BCUT2D eigenvalue weighted by Crippen LogP contribution is 2.20. The third kappa shape index (κ3) is 3.52. The maximum absolute atomic E-state index is 12.9. The minimum absolute atomic E-state index is 0.0413. The van der Waals surface area contributed by atoms with Gasteiger partial charge in [-0.25, -0.2) is 4.79 Å². The number of amides is 2. The van der Waals surface area contributed by atoms with Gasteiger partial charge in [-0.05, 0) is 31.9 Å². The van der Waals surface area contributed by atoms with Crippen molar-refractivity contribution in [1.29, 1.82) is 0 Å². The number of piperidine rings is 1. The van der Waals surface area contributed by atoms with Crippen molar-refractivity contribution in [3.63, 3.8) is 0 Å². The van der Waals surface area contributed by atoms with Crippen LogP contribution in [0.2, 0.25) is 0 Å². The molecule has 2 heterocycles. The molecule has 140 valence electrons.